The molecule has 13 nitrogen and oxygen atoms in total. The molecular formula is C36H48N6O7S. The molecule has 50 heavy (non-hydrogen) atoms. The first-order valence-electron chi connectivity index (χ1n) is 16.9. The number of aromatic nitrogens is 1. The summed E-state index contributed by atoms with van der Waals surface area (Å²) in [4.78, 5) is 31.1. The summed E-state index contributed by atoms with van der Waals surface area (Å²) in [5.41, 5.74) is 2.14. The number of carbonyl (C=O) groups is 2. The lowest BCUT2D eigenvalue weighted by atomic mass is 9.95. The second kappa shape index (κ2) is 17.4. The number of urea groups is 1. The maximum atomic E-state index is 14.2. The van der Waals surface area contributed by atoms with Crippen molar-refractivity contribution >= 4 is 28.2 Å². The summed E-state index contributed by atoms with van der Waals surface area (Å²) in [6, 6.07) is 16.5. The minimum Gasteiger partial charge on any atom is -0.619 e. The van der Waals surface area contributed by atoms with Gasteiger partial charge in [0.05, 0.1) is 23.3 Å². The van der Waals surface area contributed by atoms with Gasteiger partial charge in [-0.15, -0.1) is 0 Å². The molecule has 4 rings (SSSR count). The average molecular weight is 709 g/mol. The molecule has 0 radical (unpaired) electrons. The third kappa shape index (κ3) is 9.79. The summed E-state index contributed by atoms with van der Waals surface area (Å²) < 4.78 is 29.7. The van der Waals surface area contributed by atoms with Gasteiger partial charge in [0, 0.05) is 44.9 Å². The van der Waals surface area contributed by atoms with Gasteiger partial charge in [-0.3, -0.25) is 4.79 Å². The fourth-order valence-corrected chi connectivity index (χ4v) is 7.70. The molecule has 1 aliphatic heterocycles. The molecule has 0 aliphatic carbocycles. The number of nitrogens with zero attached hydrogens (tertiary/aromatic N) is 5. The number of aliphatic hydroxyl groups excluding tert-OH is 1. The van der Waals surface area contributed by atoms with Crippen molar-refractivity contribution in [3.05, 3.63) is 101 Å². The number of rotatable bonds is 17. The predicted octanol–water partition coefficient (Wildman–Crippen LogP) is 3.22. The van der Waals surface area contributed by atoms with Gasteiger partial charge < -0.3 is 30.6 Å². The largest absolute Gasteiger partial charge is 0.619 e. The Labute approximate surface area is 294 Å². The summed E-state index contributed by atoms with van der Waals surface area (Å²) in [5.74, 6) is -0.724. The van der Waals surface area contributed by atoms with Crippen LogP contribution < -0.4 is 10.0 Å². The van der Waals surface area contributed by atoms with Crippen molar-refractivity contribution in [2.45, 2.75) is 70.2 Å². The van der Waals surface area contributed by atoms with E-state index in [1.54, 1.807) is 21.9 Å². The van der Waals surface area contributed by atoms with Crippen LogP contribution in [0.5, 0.6) is 0 Å². The molecule has 0 spiro atoms. The Morgan fingerprint density at radius 3 is 2.28 bits per heavy atom. The number of sulfonamides is 1. The zero-order chi connectivity index (χ0) is 36.4. The highest BCUT2D eigenvalue weighted by Gasteiger charge is 2.41. The number of hydrogen-bond acceptors (Lipinski definition) is 8. The van der Waals surface area contributed by atoms with Gasteiger partial charge in [-0.05, 0) is 47.1 Å². The molecular weight excluding hydrogens is 660 g/mol. The fourth-order valence-electron chi connectivity index (χ4n) is 6.08. The van der Waals surface area contributed by atoms with Crippen LogP contribution >= 0.6 is 0 Å². The molecule has 3 aromatic rings. The van der Waals surface area contributed by atoms with E-state index in [0.717, 1.165) is 11.1 Å². The van der Waals surface area contributed by atoms with Crippen molar-refractivity contribution in [2.24, 2.45) is 17.0 Å². The molecule has 1 aliphatic rings. The smallest absolute Gasteiger partial charge is 0.321 e. The summed E-state index contributed by atoms with van der Waals surface area (Å²) in [6.45, 7) is 8.45. The summed E-state index contributed by atoms with van der Waals surface area (Å²) in [7, 11) is -4.07. The molecule has 1 fully saturated rings. The standard InChI is InChI=1S/C36H48N6O7S/c1-5-27(4)34(42-20-19-39(36(42)45)24-30-15-17-40(47)18-16-30)35(44)38-32(21-28-9-7-6-8-10-28)33(43)25-41(23-26(2)3)50(48,49)31-13-11-29(12-14-31)22-37-46/h6-18,22,26-27,32-34,43,46H,5,19-21,23-25H2,1-4H3,(H,38,44)/b37-22+/t27?,32-,33+,34?/m0/s1. The zero-order valence-electron chi connectivity index (χ0n) is 29.0. The lowest BCUT2D eigenvalue weighted by molar-refractivity contribution is -0.605. The van der Waals surface area contributed by atoms with Crippen LogP contribution in [0.15, 0.2) is 89.2 Å². The molecule has 2 unspecified atom stereocenters. The Bertz CT molecular complexity index is 1690. The number of amides is 3. The Balaban J connectivity index is 1.59. The normalized spacial score (nSPS) is 16.3. The van der Waals surface area contributed by atoms with E-state index in [4.69, 9.17) is 5.21 Å². The number of aliphatic hydroxyl groups is 1. The zero-order valence-corrected chi connectivity index (χ0v) is 29.8. The Morgan fingerprint density at radius 2 is 1.68 bits per heavy atom. The second-order valence-corrected chi connectivity index (χ2v) is 15.1. The molecule has 1 aromatic heterocycles. The highest BCUT2D eigenvalue weighted by molar-refractivity contribution is 7.89. The van der Waals surface area contributed by atoms with Gasteiger partial charge in [0.15, 0.2) is 12.4 Å². The van der Waals surface area contributed by atoms with E-state index < -0.39 is 34.1 Å². The fraction of sp³-hybridized carbons (Fsp3) is 0.444. The molecule has 0 bridgehead atoms. The van der Waals surface area contributed by atoms with Crippen LogP contribution in [-0.4, -0.2) is 95.4 Å². The maximum absolute atomic E-state index is 14.2. The van der Waals surface area contributed by atoms with Crippen molar-refractivity contribution in [2.75, 3.05) is 26.2 Å². The average Bonchev–Trinajstić information content (AvgIpc) is 3.44. The molecule has 1 saturated heterocycles. The predicted molar refractivity (Wildman–Crippen MR) is 189 cm³/mol. The lowest BCUT2D eigenvalue weighted by Crippen LogP contribution is -2.57. The Hall–Kier alpha value is -4.53. The Kier molecular flexibility index (Phi) is 13.3. The minimum atomic E-state index is -4.07. The SMILES string of the molecule is CCC(C)C(C(=O)N[C@@H](Cc1ccccc1)[C@H](O)CN(CC(C)C)S(=O)(=O)c1ccc(/C=N/O)cc1)N1CCN(Cc2cc[n+]([O-])cc2)C1=O. The lowest BCUT2D eigenvalue weighted by Gasteiger charge is -2.35. The molecule has 2 aromatic carbocycles. The molecule has 270 valence electrons. The number of oxime groups is 1. The number of pyridine rings is 1. The number of carbonyl (C=O) groups excluding carboxylic acids is 2. The monoisotopic (exact) mass is 708 g/mol. The maximum Gasteiger partial charge on any atom is 0.321 e. The van der Waals surface area contributed by atoms with Crippen LogP contribution in [0.4, 0.5) is 4.79 Å². The van der Waals surface area contributed by atoms with Crippen molar-refractivity contribution in [1.82, 2.24) is 19.4 Å². The van der Waals surface area contributed by atoms with Gasteiger partial charge in [0.1, 0.15) is 6.04 Å². The first-order chi connectivity index (χ1) is 23.8. The van der Waals surface area contributed by atoms with Crippen LogP contribution in [0.3, 0.4) is 0 Å². The topological polar surface area (TPSA) is 170 Å². The van der Waals surface area contributed by atoms with E-state index in [1.165, 1.54) is 47.2 Å². The van der Waals surface area contributed by atoms with Gasteiger partial charge in [0.25, 0.3) is 0 Å². The van der Waals surface area contributed by atoms with Crippen LogP contribution in [0.25, 0.3) is 0 Å². The van der Waals surface area contributed by atoms with E-state index >= 15 is 0 Å². The van der Waals surface area contributed by atoms with E-state index in [0.29, 0.717) is 29.8 Å². The summed E-state index contributed by atoms with van der Waals surface area (Å²) in [6.07, 6.45) is 3.46. The highest BCUT2D eigenvalue weighted by atomic mass is 32.2. The number of hydrogen-bond donors (Lipinski definition) is 3. The quantitative estimate of drug-likeness (QED) is 0.0636. The van der Waals surface area contributed by atoms with Gasteiger partial charge in [-0.2, -0.15) is 9.04 Å². The minimum absolute atomic E-state index is 0.0146. The van der Waals surface area contributed by atoms with Crippen LogP contribution in [0, 0.1) is 17.0 Å². The van der Waals surface area contributed by atoms with E-state index in [2.05, 4.69) is 10.5 Å². The van der Waals surface area contributed by atoms with Crippen molar-refractivity contribution < 1.29 is 33.1 Å². The summed E-state index contributed by atoms with van der Waals surface area (Å²) in [5, 5.41) is 38.1. The first kappa shape index (κ1) is 38.3. The van der Waals surface area contributed by atoms with Crippen LogP contribution in [0.1, 0.15) is 50.8 Å². The van der Waals surface area contributed by atoms with E-state index in [9.17, 15) is 28.3 Å². The second-order valence-electron chi connectivity index (χ2n) is 13.2. The Morgan fingerprint density at radius 1 is 1.02 bits per heavy atom. The molecule has 0 saturated carbocycles. The van der Waals surface area contributed by atoms with Crippen molar-refractivity contribution in [1.29, 1.82) is 0 Å². The molecule has 4 atom stereocenters. The molecule has 3 amide bonds. The van der Waals surface area contributed by atoms with Crippen LogP contribution in [-0.2, 0) is 27.8 Å². The van der Waals surface area contributed by atoms with Gasteiger partial charge in [-0.25, -0.2) is 13.2 Å². The van der Waals surface area contributed by atoms with E-state index in [1.807, 2.05) is 58.0 Å². The first-order valence-corrected chi connectivity index (χ1v) is 18.3. The summed E-state index contributed by atoms with van der Waals surface area (Å²) >= 11 is 0. The molecule has 2 heterocycles. The number of benzene rings is 2. The van der Waals surface area contributed by atoms with Crippen molar-refractivity contribution in [3.8, 4) is 0 Å². The van der Waals surface area contributed by atoms with Crippen molar-refractivity contribution in [3.63, 3.8) is 0 Å². The number of nitrogens with one attached hydrogen (secondary N) is 1. The van der Waals surface area contributed by atoms with Crippen LogP contribution in [0.2, 0.25) is 0 Å². The molecule has 3 N–H and O–H groups in total. The van der Waals surface area contributed by atoms with Gasteiger partial charge in [-0.1, -0.05) is 81.7 Å². The van der Waals surface area contributed by atoms with Gasteiger partial charge >= 0.3 is 6.03 Å². The third-order valence-corrected chi connectivity index (χ3v) is 10.8. The van der Waals surface area contributed by atoms with Gasteiger partial charge in [0.2, 0.25) is 15.9 Å². The highest BCUT2D eigenvalue weighted by Crippen LogP contribution is 2.24. The molecule has 14 heteroatoms. The third-order valence-electron chi connectivity index (χ3n) is 8.93. The van der Waals surface area contributed by atoms with E-state index in [-0.39, 0.29) is 48.8 Å².